The van der Waals surface area contributed by atoms with Crippen LogP contribution in [0.25, 0.3) is 0 Å². The molecule has 4 heteroatoms. The summed E-state index contributed by atoms with van der Waals surface area (Å²) in [6.07, 6.45) is 0. The molecular formula is C11H14ClNO2. The van der Waals surface area contributed by atoms with E-state index in [0.29, 0.717) is 30.5 Å². The minimum atomic E-state index is 0.230. The van der Waals surface area contributed by atoms with Gasteiger partial charge in [0, 0.05) is 0 Å². The third-order valence-electron chi connectivity index (χ3n) is 2.56. The summed E-state index contributed by atoms with van der Waals surface area (Å²) in [5.74, 6) is 1.60. The van der Waals surface area contributed by atoms with Crippen LogP contribution in [-0.2, 0) is 0 Å². The molecule has 1 aromatic rings. The highest BCUT2D eigenvalue weighted by atomic mass is 35.5. The van der Waals surface area contributed by atoms with Gasteiger partial charge in [0.15, 0.2) is 11.5 Å². The first-order valence-electron chi connectivity index (χ1n) is 5.02. The standard InChI is InChI=1S/C11H14ClNO2/c1-7(6-13)8-2-3-9-11(10(8)12)15-5-4-14-9/h2-3,7H,4-6,13H2,1H3. The summed E-state index contributed by atoms with van der Waals surface area (Å²) >= 11 is 6.24. The molecule has 0 aromatic heterocycles. The predicted molar refractivity (Wildman–Crippen MR) is 59.9 cm³/mol. The molecule has 0 saturated heterocycles. The van der Waals surface area contributed by atoms with E-state index in [0.717, 1.165) is 11.3 Å². The lowest BCUT2D eigenvalue weighted by molar-refractivity contribution is 0.171. The normalized spacial score (nSPS) is 16.2. The van der Waals surface area contributed by atoms with E-state index >= 15 is 0 Å². The third kappa shape index (κ3) is 1.90. The van der Waals surface area contributed by atoms with E-state index in [1.807, 2.05) is 19.1 Å². The number of benzene rings is 1. The summed E-state index contributed by atoms with van der Waals surface area (Å²) in [7, 11) is 0. The van der Waals surface area contributed by atoms with E-state index < -0.39 is 0 Å². The van der Waals surface area contributed by atoms with E-state index in [1.165, 1.54) is 0 Å². The molecule has 1 aliphatic rings. The van der Waals surface area contributed by atoms with Crippen LogP contribution in [0.5, 0.6) is 11.5 Å². The molecule has 1 atom stereocenters. The van der Waals surface area contributed by atoms with E-state index in [1.54, 1.807) is 0 Å². The Morgan fingerprint density at radius 3 is 2.87 bits per heavy atom. The number of rotatable bonds is 2. The Morgan fingerprint density at radius 1 is 1.40 bits per heavy atom. The molecule has 1 aromatic carbocycles. The molecule has 1 unspecified atom stereocenters. The number of halogens is 1. The Labute approximate surface area is 94.1 Å². The summed E-state index contributed by atoms with van der Waals surface area (Å²) < 4.78 is 10.9. The molecule has 0 saturated carbocycles. The molecule has 0 aliphatic carbocycles. The van der Waals surface area contributed by atoms with Gasteiger partial charge in [0.05, 0.1) is 5.02 Å². The van der Waals surface area contributed by atoms with E-state index in [4.69, 9.17) is 26.8 Å². The molecule has 0 fully saturated rings. The highest BCUT2D eigenvalue weighted by Gasteiger charge is 2.19. The van der Waals surface area contributed by atoms with Crippen LogP contribution in [0.4, 0.5) is 0 Å². The Kier molecular flexibility index (Phi) is 3.03. The third-order valence-corrected chi connectivity index (χ3v) is 2.95. The number of ether oxygens (including phenoxy) is 2. The van der Waals surface area contributed by atoms with E-state index in [9.17, 15) is 0 Å². The number of nitrogens with two attached hydrogens (primary N) is 1. The van der Waals surface area contributed by atoms with Crippen LogP contribution in [0.15, 0.2) is 12.1 Å². The fourth-order valence-electron chi connectivity index (χ4n) is 1.60. The maximum absolute atomic E-state index is 6.24. The van der Waals surface area contributed by atoms with Crippen molar-refractivity contribution in [3.8, 4) is 11.5 Å². The van der Waals surface area contributed by atoms with Gasteiger partial charge in [0.1, 0.15) is 13.2 Å². The Morgan fingerprint density at radius 2 is 2.13 bits per heavy atom. The summed E-state index contributed by atoms with van der Waals surface area (Å²) in [4.78, 5) is 0. The van der Waals surface area contributed by atoms with Gasteiger partial charge in [-0.15, -0.1) is 0 Å². The first-order valence-corrected chi connectivity index (χ1v) is 5.40. The second-order valence-corrected chi connectivity index (χ2v) is 4.01. The van der Waals surface area contributed by atoms with E-state index in [-0.39, 0.29) is 5.92 Å². The summed E-state index contributed by atoms with van der Waals surface area (Å²) in [6.45, 7) is 3.74. The van der Waals surface area contributed by atoms with Gasteiger partial charge in [0.25, 0.3) is 0 Å². The molecule has 2 N–H and O–H groups in total. The zero-order valence-corrected chi connectivity index (χ0v) is 9.38. The van der Waals surface area contributed by atoms with Gasteiger partial charge in [-0.1, -0.05) is 24.6 Å². The fourth-order valence-corrected chi connectivity index (χ4v) is 2.00. The van der Waals surface area contributed by atoms with Gasteiger partial charge in [-0.05, 0) is 24.1 Å². The smallest absolute Gasteiger partial charge is 0.180 e. The van der Waals surface area contributed by atoms with Crippen molar-refractivity contribution in [1.29, 1.82) is 0 Å². The maximum atomic E-state index is 6.24. The first-order chi connectivity index (χ1) is 7.24. The number of hydrogen-bond donors (Lipinski definition) is 1. The van der Waals surface area contributed by atoms with Crippen molar-refractivity contribution < 1.29 is 9.47 Å². The molecule has 3 nitrogen and oxygen atoms in total. The molecule has 82 valence electrons. The molecular weight excluding hydrogens is 214 g/mol. The molecule has 0 bridgehead atoms. The maximum Gasteiger partial charge on any atom is 0.180 e. The van der Waals surface area contributed by atoms with Gasteiger partial charge in [-0.25, -0.2) is 0 Å². The Balaban J connectivity index is 2.43. The Bertz CT molecular complexity index is 368. The second kappa shape index (κ2) is 4.29. The SMILES string of the molecule is CC(CN)c1ccc2c(c1Cl)OCCO2. The molecule has 1 aliphatic heterocycles. The lowest BCUT2D eigenvalue weighted by Crippen LogP contribution is -2.17. The lowest BCUT2D eigenvalue weighted by Gasteiger charge is -2.22. The molecule has 15 heavy (non-hydrogen) atoms. The highest BCUT2D eigenvalue weighted by molar-refractivity contribution is 6.33. The van der Waals surface area contributed by atoms with Gasteiger partial charge in [-0.3, -0.25) is 0 Å². The predicted octanol–water partition coefficient (Wildman–Crippen LogP) is 2.17. The summed E-state index contributed by atoms with van der Waals surface area (Å²) in [6, 6.07) is 3.84. The van der Waals surface area contributed by atoms with Crippen molar-refractivity contribution >= 4 is 11.6 Å². The van der Waals surface area contributed by atoms with Crippen molar-refractivity contribution in [2.75, 3.05) is 19.8 Å². The molecule has 0 spiro atoms. The first kappa shape index (κ1) is 10.6. The summed E-state index contributed by atoms with van der Waals surface area (Å²) in [5.41, 5.74) is 6.64. The monoisotopic (exact) mass is 227 g/mol. The molecule has 0 radical (unpaired) electrons. The van der Waals surface area contributed by atoms with Crippen molar-refractivity contribution in [1.82, 2.24) is 0 Å². The zero-order valence-electron chi connectivity index (χ0n) is 8.63. The number of fused-ring (bicyclic) bond motifs is 1. The highest BCUT2D eigenvalue weighted by Crippen LogP contribution is 2.41. The van der Waals surface area contributed by atoms with Crippen LogP contribution in [0.1, 0.15) is 18.4 Å². The topological polar surface area (TPSA) is 44.5 Å². The largest absolute Gasteiger partial charge is 0.486 e. The minimum Gasteiger partial charge on any atom is -0.486 e. The van der Waals surface area contributed by atoms with Crippen LogP contribution in [0.3, 0.4) is 0 Å². The van der Waals surface area contributed by atoms with Crippen LogP contribution >= 0.6 is 11.6 Å². The van der Waals surface area contributed by atoms with Crippen LogP contribution in [0.2, 0.25) is 5.02 Å². The minimum absolute atomic E-state index is 0.230. The molecule has 1 heterocycles. The zero-order chi connectivity index (χ0) is 10.8. The second-order valence-electron chi connectivity index (χ2n) is 3.63. The Hall–Kier alpha value is -0.930. The van der Waals surface area contributed by atoms with Crippen molar-refractivity contribution in [3.05, 3.63) is 22.7 Å². The number of hydrogen-bond acceptors (Lipinski definition) is 3. The van der Waals surface area contributed by atoms with Crippen molar-refractivity contribution in [2.24, 2.45) is 5.73 Å². The van der Waals surface area contributed by atoms with Crippen LogP contribution in [-0.4, -0.2) is 19.8 Å². The van der Waals surface area contributed by atoms with Gasteiger partial charge in [0.2, 0.25) is 0 Å². The average Bonchev–Trinajstić information content (AvgIpc) is 2.29. The van der Waals surface area contributed by atoms with Gasteiger partial charge in [-0.2, -0.15) is 0 Å². The molecule has 2 rings (SSSR count). The van der Waals surface area contributed by atoms with Gasteiger partial charge >= 0.3 is 0 Å². The van der Waals surface area contributed by atoms with Crippen molar-refractivity contribution in [3.63, 3.8) is 0 Å². The average molecular weight is 228 g/mol. The fraction of sp³-hybridized carbons (Fsp3) is 0.455. The summed E-state index contributed by atoms with van der Waals surface area (Å²) in [5, 5.41) is 0.630. The lowest BCUT2D eigenvalue weighted by atomic mass is 10.0. The molecule has 0 amide bonds. The quantitative estimate of drug-likeness (QED) is 0.842. The van der Waals surface area contributed by atoms with Crippen LogP contribution < -0.4 is 15.2 Å². The van der Waals surface area contributed by atoms with E-state index in [2.05, 4.69) is 0 Å². The van der Waals surface area contributed by atoms with Gasteiger partial charge < -0.3 is 15.2 Å². The van der Waals surface area contributed by atoms with Crippen LogP contribution in [0, 0.1) is 0 Å². The van der Waals surface area contributed by atoms with Crippen molar-refractivity contribution in [2.45, 2.75) is 12.8 Å².